The molecule has 2 aromatic heterocycles. The van der Waals surface area contributed by atoms with Crippen LogP contribution in [0.5, 0.6) is 0 Å². The third-order valence-corrected chi connectivity index (χ3v) is 9.71. The zero-order valence-corrected chi connectivity index (χ0v) is 23.6. The van der Waals surface area contributed by atoms with Gasteiger partial charge < -0.3 is 4.57 Å². The lowest BCUT2D eigenvalue weighted by molar-refractivity contribution is 1.18. The fraction of sp³-hybridized carbons (Fsp3) is 0. The summed E-state index contributed by atoms with van der Waals surface area (Å²) in [4.78, 5) is 0. The fourth-order valence-corrected chi connectivity index (χ4v) is 7.62. The molecule has 0 aliphatic carbocycles. The molecule has 0 saturated carbocycles. The van der Waals surface area contributed by atoms with Crippen molar-refractivity contribution in [1.82, 2.24) is 4.57 Å². The van der Waals surface area contributed by atoms with Gasteiger partial charge >= 0.3 is 0 Å². The summed E-state index contributed by atoms with van der Waals surface area (Å²) in [5.74, 6) is 0. The van der Waals surface area contributed by atoms with Crippen LogP contribution in [0.2, 0.25) is 0 Å². The predicted molar refractivity (Wildman–Crippen MR) is 182 cm³/mol. The lowest BCUT2D eigenvalue weighted by atomic mass is 9.99. The first-order valence-electron chi connectivity index (χ1n) is 14.3. The molecular formula is C40H25NS. The van der Waals surface area contributed by atoms with E-state index in [1.54, 1.807) is 0 Å². The summed E-state index contributed by atoms with van der Waals surface area (Å²) in [7, 11) is 0. The minimum Gasteiger partial charge on any atom is -0.309 e. The first kappa shape index (κ1) is 23.5. The fourth-order valence-electron chi connectivity index (χ4n) is 6.50. The minimum absolute atomic E-state index is 1.17. The van der Waals surface area contributed by atoms with Crippen LogP contribution >= 0.6 is 11.3 Å². The van der Waals surface area contributed by atoms with Gasteiger partial charge in [-0.05, 0) is 81.6 Å². The Bertz CT molecular complexity index is 2440. The second kappa shape index (κ2) is 9.17. The Balaban J connectivity index is 1.31. The van der Waals surface area contributed by atoms with Crippen LogP contribution in [0.4, 0.5) is 0 Å². The third-order valence-electron chi connectivity index (χ3n) is 8.58. The summed E-state index contributed by atoms with van der Waals surface area (Å²) in [5, 5.41) is 7.75. The highest BCUT2D eigenvalue weighted by Crippen LogP contribution is 2.42. The molecule has 0 fully saturated rings. The Morgan fingerprint density at radius 1 is 0.357 bits per heavy atom. The van der Waals surface area contributed by atoms with Crippen molar-refractivity contribution < 1.29 is 0 Å². The largest absolute Gasteiger partial charge is 0.309 e. The van der Waals surface area contributed by atoms with Crippen molar-refractivity contribution >= 4 is 64.1 Å². The number of fused-ring (bicyclic) bond motifs is 7. The van der Waals surface area contributed by atoms with Crippen LogP contribution < -0.4 is 0 Å². The Labute approximate surface area is 247 Å². The summed E-state index contributed by atoms with van der Waals surface area (Å²) in [6.07, 6.45) is 0. The maximum Gasteiger partial charge on any atom is 0.0548 e. The SMILES string of the molecule is c1ccc(-c2ccc(-n3c4ccc(-c5ccc6ccccc6c5)cc4c4cc5sc6ccccc6c5cc43)cc2)cc1. The van der Waals surface area contributed by atoms with E-state index in [0.29, 0.717) is 0 Å². The van der Waals surface area contributed by atoms with E-state index in [0.717, 1.165) is 0 Å². The van der Waals surface area contributed by atoms with Crippen molar-refractivity contribution in [2.24, 2.45) is 0 Å². The smallest absolute Gasteiger partial charge is 0.0548 e. The molecule has 2 heterocycles. The summed E-state index contributed by atoms with van der Waals surface area (Å²) in [6, 6.07) is 55.5. The molecule has 9 aromatic rings. The van der Waals surface area contributed by atoms with Gasteiger partial charge in [0, 0.05) is 36.6 Å². The molecule has 0 unspecified atom stereocenters. The molecule has 0 amide bonds. The maximum atomic E-state index is 2.44. The summed E-state index contributed by atoms with van der Waals surface area (Å²) < 4.78 is 5.11. The van der Waals surface area contributed by atoms with Crippen LogP contribution in [0, 0.1) is 0 Å². The quantitative estimate of drug-likeness (QED) is 0.206. The summed E-state index contributed by atoms with van der Waals surface area (Å²) in [5.41, 5.74) is 8.58. The number of aromatic nitrogens is 1. The van der Waals surface area contributed by atoms with Crippen molar-refractivity contribution in [2.45, 2.75) is 0 Å². The average molecular weight is 552 g/mol. The van der Waals surface area contributed by atoms with Crippen molar-refractivity contribution in [3.63, 3.8) is 0 Å². The van der Waals surface area contributed by atoms with Crippen LogP contribution in [-0.2, 0) is 0 Å². The lowest BCUT2D eigenvalue weighted by Gasteiger charge is -2.10. The van der Waals surface area contributed by atoms with Gasteiger partial charge in [0.1, 0.15) is 0 Å². The van der Waals surface area contributed by atoms with E-state index < -0.39 is 0 Å². The Kier molecular flexibility index (Phi) is 5.13. The Hall–Kier alpha value is -5.18. The van der Waals surface area contributed by atoms with Crippen LogP contribution in [0.3, 0.4) is 0 Å². The highest BCUT2D eigenvalue weighted by Gasteiger charge is 2.17. The van der Waals surface area contributed by atoms with Gasteiger partial charge in [-0.3, -0.25) is 0 Å². The van der Waals surface area contributed by atoms with Gasteiger partial charge in [0.25, 0.3) is 0 Å². The van der Waals surface area contributed by atoms with E-state index in [9.17, 15) is 0 Å². The van der Waals surface area contributed by atoms with E-state index >= 15 is 0 Å². The van der Waals surface area contributed by atoms with Crippen molar-refractivity contribution in [1.29, 1.82) is 0 Å². The predicted octanol–water partition coefficient (Wildman–Crippen LogP) is 11.6. The molecule has 0 spiro atoms. The van der Waals surface area contributed by atoms with Crippen LogP contribution in [0.15, 0.2) is 152 Å². The highest BCUT2D eigenvalue weighted by atomic mass is 32.1. The molecule has 0 radical (unpaired) electrons. The van der Waals surface area contributed by atoms with Gasteiger partial charge in [0.2, 0.25) is 0 Å². The number of hydrogen-bond acceptors (Lipinski definition) is 1. The molecule has 0 saturated heterocycles. The number of benzene rings is 7. The molecule has 9 rings (SSSR count). The number of nitrogens with zero attached hydrogens (tertiary/aromatic N) is 1. The summed E-state index contributed by atoms with van der Waals surface area (Å²) in [6.45, 7) is 0. The topological polar surface area (TPSA) is 4.93 Å². The molecule has 0 bridgehead atoms. The van der Waals surface area contributed by atoms with Gasteiger partial charge in [-0.25, -0.2) is 0 Å². The monoisotopic (exact) mass is 551 g/mol. The molecule has 0 aliphatic heterocycles. The Morgan fingerprint density at radius 3 is 1.90 bits per heavy atom. The standard InChI is InChI=1S/C40H25NS/c1-2-8-26(9-3-1)28-16-19-32(20-17-28)41-37-21-18-31(30-15-14-27-10-4-5-11-29(27)22-30)23-34(37)35-25-40-36(24-38(35)41)33-12-6-7-13-39(33)42-40/h1-25H. The van der Waals surface area contributed by atoms with Gasteiger partial charge in [-0.15, -0.1) is 11.3 Å². The summed E-state index contributed by atoms with van der Waals surface area (Å²) >= 11 is 1.88. The highest BCUT2D eigenvalue weighted by molar-refractivity contribution is 7.25. The van der Waals surface area contributed by atoms with E-state index in [4.69, 9.17) is 0 Å². The Morgan fingerprint density at radius 2 is 1.02 bits per heavy atom. The first-order valence-corrected chi connectivity index (χ1v) is 15.2. The molecule has 42 heavy (non-hydrogen) atoms. The van der Waals surface area contributed by atoms with Gasteiger partial charge in [-0.1, -0.05) is 103 Å². The molecule has 7 aromatic carbocycles. The lowest BCUT2D eigenvalue weighted by Crippen LogP contribution is -1.94. The van der Waals surface area contributed by atoms with E-state index in [2.05, 4.69) is 156 Å². The zero-order valence-electron chi connectivity index (χ0n) is 22.8. The van der Waals surface area contributed by atoms with E-state index in [1.807, 2.05) is 11.3 Å². The van der Waals surface area contributed by atoms with Crippen molar-refractivity contribution in [3.05, 3.63) is 152 Å². The maximum absolute atomic E-state index is 2.44. The third kappa shape index (κ3) is 3.62. The molecule has 2 heteroatoms. The van der Waals surface area contributed by atoms with Gasteiger partial charge in [-0.2, -0.15) is 0 Å². The van der Waals surface area contributed by atoms with E-state index in [1.165, 1.54) is 80.7 Å². The van der Waals surface area contributed by atoms with Crippen LogP contribution in [0.1, 0.15) is 0 Å². The zero-order chi connectivity index (χ0) is 27.6. The van der Waals surface area contributed by atoms with Gasteiger partial charge in [0.15, 0.2) is 0 Å². The van der Waals surface area contributed by atoms with Crippen molar-refractivity contribution in [3.8, 4) is 27.9 Å². The second-order valence-corrected chi connectivity index (χ2v) is 12.1. The molecule has 0 atom stereocenters. The molecule has 196 valence electrons. The first-order chi connectivity index (χ1) is 20.8. The van der Waals surface area contributed by atoms with Crippen LogP contribution in [-0.4, -0.2) is 4.57 Å². The molecular weight excluding hydrogens is 527 g/mol. The normalized spacial score (nSPS) is 11.8. The second-order valence-electron chi connectivity index (χ2n) is 11.0. The number of hydrogen-bond donors (Lipinski definition) is 0. The van der Waals surface area contributed by atoms with Crippen LogP contribution in [0.25, 0.3) is 80.7 Å². The number of thiophene rings is 1. The molecule has 1 nitrogen and oxygen atoms in total. The minimum atomic E-state index is 1.17. The molecule has 0 N–H and O–H groups in total. The van der Waals surface area contributed by atoms with Gasteiger partial charge in [0.05, 0.1) is 11.0 Å². The van der Waals surface area contributed by atoms with E-state index in [-0.39, 0.29) is 0 Å². The average Bonchev–Trinajstić information content (AvgIpc) is 3.58. The number of rotatable bonds is 3. The molecule has 0 aliphatic rings. The van der Waals surface area contributed by atoms with Crippen molar-refractivity contribution in [2.75, 3.05) is 0 Å².